The van der Waals surface area contributed by atoms with Gasteiger partial charge in [-0.25, -0.2) is 0 Å². The fourth-order valence-corrected chi connectivity index (χ4v) is 3.01. The van der Waals surface area contributed by atoms with Gasteiger partial charge in [0.2, 0.25) is 0 Å². The molecule has 2 fully saturated rings. The first-order valence-electron chi connectivity index (χ1n) is 7.36. The summed E-state index contributed by atoms with van der Waals surface area (Å²) in [6, 6.07) is 7.36. The smallest absolute Gasteiger partial charge is 0.337 e. The maximum absolute atomic E-state index is 12.4. The van der Waals surface area contributed by atoms with Crippen LogP contribution in [0.1, 0.15) is 41.6 Å². The Morgan fingerprint density at radius 2 is 1.86 bits per heavy atom. The quantitative estimate of drug-likeness (QED) is 0.830. The predicted molar refractivity (Wildman–Crippen MR) is 73.0 cm³/mol. The Morgan fingerprint density at radius 1 is 1.24 bits per heavy atom. The average Bonchev–Trinajstić information content (AvgIpc) is 3.14. The van der Waals surface area contributed by atoms with Crippen molar-refractivity contribution in [1.82, 2.24) is 4.90 Å². The van der Waals surface area contributed by atoms with Gasteiger partial charge in [-0.1, -0.05) is 25.5 Å². The van der Waals surface area contributed by atoms with Crippen LogP contribution in [0.25, 0.3) is 0 Å². The van der Waals surface area contributed by atoms with Gasteiger partial charge in [0.1, 0.15) is 0 Å². The largest absolute Gasteiger partial charge is 0.395 e. The van der Waals surface area contributed by atoms with E-state index >= 15 is 0 Å². The minimum Gasteiger partial charge on any atom is -0.337 e. The van der Waals surface area contributed by atoms with E-state index in [9.17, 15) is 18.0 Å². The highest BCUT2D eigenvalue weighted by atomic mass is 19.4. The summed E-state index contributed by atoms with van der Waals surface area (Å²) in [6.07, 6.45) is -1.83. The first-order valence-corrected chi connectivity index (χ1v) is 7.36. The number of carbonyl (C=O) groups excluding carboxylic acids is 1. The third kappa shape index (κ3) is 2.78. The van der Waals surface area contributed by atoms with E-state index in [0.29, 0.717) is 11.5 Å². The number of hydrogen-bond acceptors (Lipinski definition) is 1. The molecule has 1 saturated carbocycles. The van der Waals surface area contributed by atoms with Crippen molar-refractivity contribution in [1.29, 1.82) is 0 Å². The molecule has 0 unspecified atom stereocenters. The maximum atomic E-state index is 12.4. The van der Waals surface area contributed by atoms with E-state index in [-0.39, 0.29) is 19.0 Å². The third-order valence-electron chi connectivity index (χ3n) is 4.66. The average molecular weight is 297 g/mol. The Balaban J connectivity index is 1.59. The van der Waals surface area contributed by atoms with Crippen molar-refractivity contribution in [2.45, 2.75) is 31.9 Å². The molecule has 0 aromatic heterocycles. The van der Waals surface area contributed by atoms with Gasteiger partial charge in [-0.3, -0.25) is 4.79 Å². The van der Waals surface area contributed by atoms with E-state index in [1.54, 1.807) is 12.1 Å². The predicted octanol–water partition coefficient (Wildman–Crippen LogP) is 3.83. The number of halogens is 3. The van der Waals surface area contributed by atoms with Crippen molar-refractivity contribution >= 4 is 5.91 Å². The topological polar surface area (TPSA) is 20.3 Å². The number of carbonyl (C=O) groups is 1. The van der Waals surface area contributed by atoms with E-state index < -0.39 is 12.1 Å². The zero-order chi connectivity index (χ0) is 15.2. The van der Waals surface area contributed by atoms with Gasteiger partial charge in [0.25, 0.3) is 5.91 Å². The summed E-state index contributed by atoms with van der Waals surface area (Å²) in [6.45, 7) is 1.73. The highest BCUT2D eigenvalue weighted by molar-refractivity contribution is 5.94. The number of benzene rings is 1. The molecule has 1 heterocycles. The van der Waals surface area contributed by atoms with E-state index in [4.69, 9.17) is 0 Å². The van der Waals surface area contributed by atoms with Crippen LogP contribution >= 0.6 is 0 Å². The standard InChI is InChI=1S/C16H18F3NO/c1-2-10-7-14(10)11-3-5-12(6-4-11)15(21)20-8-13(9-20)16(17,18)19/h3-6,10,13-14H,2,7-9H2,1H3/t10-,14-/m0/s1. The van der Waals surface area contributed by atoms with Crippen molar-refractivity contribution in [3.8, 4) is 0 Å². The zero-order valence-electron chi connectivity index (χ0n) is 11.9. The van der Waals surface area contributed by atoms with E-state index in [1.807, 2.05) is 12.1 Å². The minimum absolute atomic E-state index is 0.218. The van der Waals surface area contributed by atoms with Crippen LogP contribution < -0.4 is 0 Å². The Kier molecular flexibility index (Phi) is 3.46. The second-order valence-corrected chi connectivity index (χ2v) is 6.08. The SMILES string of the molecule is CC[C@H]1C[C@@H]1c1ccc(C(=O)N2CC(C(F)(F)F)C2)cc1. The van der Waals surface area contributed by atoms with Gasteiger partial charge in [-0.15, -0.1) is 0 Å². The van der Waals surface area contributed by atoms with Crippen molar-refractivity contribution in [3.63, 3.8) is 0 Å². The van der Waals surface area contributed by atoms with Gasteiger partial charge in [-0.2, -0.15) is 13.2 Å². The van der Waals surface area contributed by atoms with Gasteiger partial charge in [0.15, 0.2) is 0 Å². The normalized spacial score (nSPS) is 25.6. The summed E-state index contributed by atoms with van der Waals surface area (Å²) in [5.74, 6) is -0.324. The molecule has 0 bridgehead atoms. The van der Waals surface area contributed by atoms with Crippen LogP contribution in [-0.4, -0.2) is 30.1 Å². The molecule has 0 radical (unpaired) electrons. The number of likely N-dealkylation sites (tertiary alicyclic amines) is 1. The zero-order valence-corrected chi connectivity index (χ0v) is 11.9. The Bertz CT molecular complexity index is 531. The number of hydrogen-bond donors (Lipinski definition) is 0. The highest BCUT2D eigenvalue weighted by Crippen LogP contribution is 2.49. The van der Waals surface area contributed by atoms with Crippen LogP contribution in [0.3, 0.4) is 0 Å². The van der Waals surface area contributed by atoms with Gasteiger partial charge in [0.05, 0.1) is 5.92 Å². The maximum Gasteiger partial charge on any atom is 0.395 e. The lowest BCUT2D eigenvalue weighted by atomic mass is 9.97. The summed E-state index contributed by atoms with van der Waals surface area (Å²) in [5, 5.41) is 0. The first kappa shape index (κ1) is 14.4. The lowest BCUT2D eigenvalue weighted by Crippen LogP contribution is -2.55. The molecule has 2 atom stereocenters. The monoisotopic (exact) mass is 297 g/mol. The first-order chi connectivity index (χ1) is 9.90. The van der Waals surface area contributed by atoms with Crippen molar-refractivity contribution in [2.75, 3.05) is 13.1 Å². The summed E-state index contributed by atoms with van der Waals surface area (Å²) in [4.78, 5) is 13.3. The third-order valence-corrected chi connectivity index (χ3v) is 4.66. The van der Waals surface area contributed by atoms with Crippen LogP contribution in [0, 0.1) is 11.8 Å². The second kappa shape index (κ2) is 5.04. The molecular weight excluding hydrogens is 279 g/mol. The molecule has 0 N–H and O–H groups in total. The van der Waals surface area contributed by atoms with Crippen LogP contribution in [0.2, 0.25) is 0 Å². The lowest BCUT2D eigenvalue weighted by Gasteiger charge is -2.40. The molecule has 2 aliphatic rings. The van der Waals surface area contributed by atoms with Crippen LogP contribution in [0.5, 0.6) is 0 Å². The van der Waals surface area contributed by atoms with E-state index in [0.717, 1.165) is 12.3 Å². The molecule has 1 amide bonds. The number of amides is 1. The summed E-state index contributed by atoms with van der Waals surface area (Å²) < 4.78 is 37.3. The molecular formula is C16H18F3NO. The van der Waals surface area contributed by atoms with E-state index in [1.165, 1.54) is 16.9 Å². The second-order valence-electron chi connectivity index (χ2n) is 6.08. The molecule has 0 spiro atoms. The Hall–Kier alpha value is -1.52. The molecule has 1 aromatic carbocycles. The fourth-order valence-electron chi connectivity index (χ4n) is 3.01. The number of alkyl halides is 3. The number of nitrogens with zero attached hydrogens (tertiary/aromatic N) is 1. The summed E-state index contributed by atoms with van der Waals surface area (Å²) in [5.41, 5.74) is 1.71. The number of rotatable bonds is 3. The van der Waals surface area contributed by atoms with Crippen molar-refractivity contribution in [3.05, 3.63) is 35.4 Å². The summed E-state index contributed by atoms with van der Waals surface area (Å²) in [7, 11) is 0. The van der Waals surface area contributed by atoms with E-state index in [2.05, 4.69) is 6.92 Å². The van der Waals surface area contributed by atoms with Crippen molar-refractivity contribution in [2.24, 2.45) is 11.8 Å². The molecule has 1 aliphatic heterocycles. The Labute approximate surface area is 121 Å². The van der Waals surface area contributed by atoms with Gasteiger partial charge in [-0.05, 0) is 36.0 Å². The highest BCUT2D eigenvalue weighted by Gasteiger charge is 2.48. The minimum atomic E-state index is -4.19. The molecule has 3 rings (SSSR count). The molecule has 2 nitrogen and oxygen atoms in total. The Morgan fingerprint density at radius 3 is 2.33 bits per heavy atom. The fraction of sp³-hybridized carbons (Fsp3) is 0.562. The van der Waals surface area contributed by atoms with Gasteiger partial charge < -0.3 is 4.90 Å². The molecule has 21 heavy (non-hydrogen) atoms. The molecule has 114 valence electrons. The van der Waals surface area contributed by atoms with Gasteiger partial charge >= 0.3 is 6.18 Å². The lowest BCUT2D eigenvalue weighted by molar-refractivity contribution is -0.202. The van der Waals surface area contributed by atoms with Crippen LogP contribution in [-0.2, 0) is 0 Å². The molecule has 5 heteroatoms. The van der Waals surface area contributed by atoms with Crippen LogP contribution in [0.4, 0.5) is 13.2 Å². The molecule has 1 aromatic rings. The van der Waals surface area contributed by atoms with Crippen molar-refractivity contribution < 1.29 is 18.0 Å². The molecule has 1 saturated heterocycles. The van der Waals surface area contributed by atoms with Crippen LogP contribution in [0.15, 0.2) is 24.3 Å². The molecule has 1 aliphatic carbocycles. The van der Waals surface area contributed by atoms with Gasteiger partial charge in [0, 0.05) is 18.7 Å². The summed E-state index contributed by atoms with van der Waals surface area (Å²) >= 11 is 0.